The van der Waals surface area contributed by atoms with Crippen LogP contribution in [0, 0.1) is 21.4 Å². The topological polar surface area (TPSA) is 113 Å². The quantitative estimate of drug-likeness (QED) is 0.253. The van der Waals surface area contributed by atoms with Crippen LogP contribution in [0.25, 0.3) is 10.8 Å². The molecule has 1 N–H and O–H groups in total. The highest BCUT2D eigenvalue weighted by Gasteiger charge is 2.09. The Morgan fingerprint density at radius 1 is 1.09 bits per heavy atom. The first-order valence-electron chi connectivity index (χ1n) is 9.68. The van der Waals surface area contributed by atoms with E-state index in [1.807, 2.05) is 54.6 Å². The number of hydrogen-bond donors (Lipinski definition) is 1. The third-order valence-electron chi connectivity index (χ3n) is 4.78. The van der Waals surface area contributed by atoms with E-state index >= 15 is 0 Å². The molecule has 8 heteroatoms. The fourth-order valence-corrected chi connectivity index (χ4v) is 3.17. The van der Waals surface area contributed by atoms with Crippen LogP contribution in [0.15, 0.2) is 84.1 Å². The molecular weight excluding hydrogens is 406 g/mol. The van der Waals surface area contributed by atoms with Crippen molar-refractivity contribution >= 4 is 28.5 Å². The Kier molecular flexibility index (Phi) is 6.00. The summed E-state index contributed by atoms with van der Waals surface area (Å²) in [6.45, 7) is 0.236. The summed E-state index contributed by atoms with van der Waals surface area (Å²) < 4.78 is 6.06. The first-order chi connectivity index (χ1) is 15.7. The lowest BCUT2D eigenvalue weighted by molar-refractivity contribution is -0.385. The highest BCUT2D eigenvalue weighted by atomic mass is 16.6. The van der Waals surface area contributed by atoms with E-state index in [2.05, 4.69) is 21.6 Å². The summed E-state index contributed by atoms with van der Waals surface area (Å²) in [6.07, 6.45) is 2.79. The molecule has 0 aliphatic rings. The lowest BCUT2D eigenvalue weighted by Gasteiger charge is -2.12. The molecule has 0 amide bonds. The van der Waals surface area contributed by atoms with E-state index in [-0.39, 0.29) is 12.3 Å². The number of ether oxygens (including phenoxy) is 1. The molecule has 4 aromatic rings. The van der Waals surface area contributed by atoms with Gasteiger partial charge in [-0.05, 0) is 29.0 Å². The first kappa shape index (κ1) is 20.5. The van der Waals surface area contributed by atoms with Gasteiger partial charge in [0, 0.05) is 17.2 Å². The van der Waals surface area contributed by atoms with Crippen molar-refractivity contribution in [2.75, 3.05) is 5.43 Å². The van der Waals surface area contributed by atoms with Gasteiger partial charge in [-0.3, -0.25) is 15.5 Å². The van der Waals surface area contributed by atoms with Gasteiger partial charge in [-0.25, -0.2) is 4.98 Å². The molecule has 1 aromatic heterocycles. The number of pyridine rings is 1. The minimum atomic E-state index is -0.510. The molecule has 1 heterocycles. The van der Waals surface area contributed by atoms with Crippen molar-refractivity contribution in [3.63, 3.8) is 0 Å². The van der Waals surface area contributed by atoms with Crippen molar-refractivity contribution in [1.29, 1.82) is 5.26 Å². The molecule has 0 radical (unpaired) electrons. The fourth-order valence-electron chi connectivity index (χ4n) is 3.17. The number of nitriles is 1. The van der Waals surface area contributed by atoms with Crippen molar-refractivity contribution in [3.05, 3.63) is 106 Å². The van der Waals surface area contributed by atoms with Crippen LogP contribution in [0.5, 0.6) is 5.75 Å². The smallest absolute Gasteiger partial charge is 0.287 e. The second kappa shape index (κ2) is 9.36. The predicted octanol–water partition coefficient (Wildman–Crippen LogP) is 5.04. The van der Waals surface area contributed by atoms with Crippen LogP contribution in [0.2, 0.25) is 0 Å². The average molecular weight is 423 g/mol. The minimum Gasteiger partial charge on any atom is -0.488 e. The van der Waals surface area contributed by atoms with Crippen LogP contribution in [0.1, 0.15) is 16.7 Å². The van der Waals surface area contributed by atoms with E-state index in [0.29, 0.717) is 17.1 Å². The molecule has 0 aliphatic heterocycles. The summed E-state index contributed by atoms with van der Waals surface area (Å²) in [7, 11) is 0. The maximum atomic E-state index is 10.8. The van der Waals surface area contributed by atoms with Crippen LogP contribution in [0.4, 0.5) is 11.5 Å². The average Bonchev–Trinajstić information content (AvgIpc) is 2.83. The molecule has 0 saturated carbocycles. The van der Waals surface area contributed by atoms with E-state index in [9.17, 15) is 15.4 Å². The number of hydrazone groups is 1. The number of hydrogen-bond acceptors (Lipinski definition) is 7. The second-order valence-electron chi connectivity index (χ2n) is 6.78. The second-order valence-corrected chi connectivity index (χ2v) is 6.78. The van der Waals surface area contributed by atoms with Crippen LogP contribution >= 0.6 is 0 Å². The molecule has 8 nitrogen and oxygen atoms in total. The van der Waals surface area contributed by atoms with Crippen molar-refractivity contribution in [2.45, 2.75) is 6.61 Å². The Balaban J connectivity index is 1.60. The first-order valence-corrected chi connectivity index (χ1v) is 9.68. The van der Waals surface area contributed by atoms with Gasteiger partial charge in [0.2, 0.25) is 0 Å². The predicted molar refractivity (Wildman–Crippen MR) is 122 cm³/mol. The molecule has 3 aromatic carbocycles. The van der Waals surface area contributed by atoms with E-state index < -0.39 is 4.92 Å². The zero-order valence-corrected chi connectivity index (χ0v) is 16.8. The zero-order chi connectivity index (χ0) is 22.3. The SMILES string of the molecule is N#Cc1ccccc1COc1ccc2ccccc2c1C=NNc1ccc([N+](=O)[O-])cn1. The van der Waals surface area contributed by atoms with E-state index in [1.165, 1.54) is 12.1 Å². The summed E-state index contributed by atoms with van der Waals surface area (Å²) in [5.41, 5.74) is 4.80. The standard InChI is InChI=1S/C24H17N5O3/c25-13-18-6-1-2-7-19(18)16-32-23-11-9-17-5-3-4-8-21(17)22(23)15-27-28-24-12-10-20(14-26-24)29(30)31/h1-12,14-15H,16H2,(H,26,28). The third-order valence-corrected chi connectivity index (χ3v) is 4.78. The number of fused-ring (bicyclic) bond motifs is 1. The van der Waals surface area contributed by atoms with Gasteiger partial charge in [-0.15, -0.1) is 0 Å². The molecular formula is C24H17N5O3. The van der Waals surface area contributed by atoms with Gasteiger partial charge in [-0.1, -0.05) is 48.5 Å². The Morgan fingerprint density at radius 3 is 2.69 bits per heavy atom. The summed E-state index contributed by atoms with van der Waals surface area (Å²) >= 11 is 0. The number of rotatable bonds is 7. The van der Waals surface area contributed by atoms with Gasteiger partial charge in [-0.2, -0.15) is 10.4 Å². The Labute approximate surface area is 183 Å². The van der Waals surface area contributed by atoms with Crippen LogP contribution < -0.4 is 10.2 Å². The minimum absolute atomic E-state index is 0.0954. The molecule has 0 spiro atoms. The number of aromatic nitrogens is 1. The molecule has 0 unspecified atom stereocenters. The van der Waals surface area contributed by atoms with Gasteiger partial charge in [0.1, 0.15) is 24.4 Å². The van der Waals surface area contributed by atoms with Gasteiger partial charge in [0.15, 0.2) is 0 Å². The molecule has 0 aliphatic carbocycles. The van der Waals surface area contributed by atoms with Crippen molar-refractivity contribution in [1.82, 2.24) is 4.98 Å². The summed E-state index contributed by atoms with van der Waals surface area (Å²) in [4.78, 5) is 14.2. The summed E-state index contributed by atoms with van der Waals surface area (Å²) in [5, 5.41) is 26.3. The van der Waals surface area contributed by atoms with Gasteiger partial charge in [0.25, 0.3) is 5.69 Å². The number of anilines is 1. The van der Waals surface area contributed by atoms with E-state index in [4.69, 9.17) is 4.74 Å². The number of nitrogens with zero attached hydrogens (tertiary/aromatic N) is 4. The van der Waals surface area contributed by atoms with Gasteiger partial charge >= 0.3 is 0 Å². The largest absolute Gasteiger partial charge is 0.488 e. The summed E-state index contributed by atoms with van der Waals surface area (Å²) in [5.74, 6) is 0.983. The number of benzene rings is 3. The van der Waals surface area contributed by atoms with Crippen molar-refractivity contribution < 1.29 is 9.66 Å². The molecule has 4 rings (SSSR count). The third kappa shape index (κ3) is 4.52. The molecule has 0 bridgehead atoms. The zero-order valence-electron chi connectivity index (χ0n) is 16.8. The van der Waals surface area contributed by atoms with Crippen LogP contribution in [0.3, 0.4) is 0 Å². The van der Waals surface area contributed by atoms with E-state index in [0.717, 1.165) is 28.1 Å². The Hall–Kier alpha value is -4.77. The lowest BCUT2D eigenvalue weighted by Crippen LogP contribution is -2.02. The molecule has 0 saturated heterocycles. The monoisotopic (exact) mass is 423 g/mol. The summed E-state index contributed by atoms with van der Waals surface area (Å²) in [6, 6.07) is 24.0. The van der Waals surface area contributed by atoms with E-state index in [1.54, 1.807) is 12.3 Å². The van der Waals surface area contributed by atoms with Gasteiger partial charge < -0.3 is 4.74 Å². The fraction of sp³-hybridized carbons (Fsp3) is 0.0417. The maximum Gasteiger partial charge on any atom is 0.287 e. The highest BCUT2D eigenvalue weighted by Crippen LogP contribution is 2.28. The van der Waals surface area contributed by atoms with Gasteiger partial charge in [0.05, 0.1) is 22.8 Å². The van der Waals surface area contributed by atoms with Crippen molar-refractivity contribution in [2.24, 2.45) is 5.10 Å². The molecule has 0 atom stereocenters. The lowest BCUT2D eigenvalue weighted by atomic mass is 10.0. The maximum absolute atomic E-state index is 10.8. The number of nitrogens with one attached hydrogen (secondary N) is 1. The number of nitro groups is 1. The Bertz CT molecular complexity index is 1340. The Morgan fingerprint density at radius 2 is 1.91 bits per heavy atom. The highest BCUT2D eigenvalue weighted by molar-refractivity contribution is 6.02. The van der Waals surface area contributed by atoms with Crippen LogP contribution in [-0.4, -0.2) is 16.1 Å². The molecule has 156 valence electrons. The normalized spacial score (nSPS) is 10.7. The molecule has 32 heavy (non-hydrogen) atoms. The van der Waals surface area contributed by atoms with Crippen LogP contribution in [-0.2, 0) is 6.61 Å². The molecule has 0 fully saturated rings. The van der Waals surface area contributed by atoms with Crippen molar-refractivity contribution in [3.8, 4) is 11.8 Å².